The van der Waals surface area contributed by atoms with Gasteiger partial charge in [0, 0.05) is 41.4 Å². The molecule has 1 fully saturated rings. The van der Waals surface area contributed by atoms with Crippen LogP contribution in [0.2, 0.25) is 0 Å². The first kappa shape index (κ1) is 21.6. The van der Waals surface area contributed by atoms with Gasteiger partial charge in [0.15, 0.2) is 11.0 Å². The molecule has 1 N–H and O–H groups in total. The van der Waals surface area contributed by atoms with E-state index in [-0.39, 0.29) is 5.91 Å². The number of para-hydroxylation sites is 1. The summed E-state index contributed by atoms with van der Waals surface area (Å²) in [6.07, 6.45) is 6.55. The van der Waals surface area contributed by atoms with Crippen molar-refractivity contribution in [3.63, 3.8) is 0 Å². The molecule has 0 atom stereocenters. The summed E-state index contributed by atoms with van der Waals surface area (Å²) in [4.78, 5) is 18.2. The van der Waals surface area contributed by atoms with E-state index in [9.17, 15) is 4.79 Å². The minimum Gasteiger partial charge on any atom is -0.497 e. The largest absolute Gasteiger partial charge is 0.497 e. The van der Waals surface area contributed by atoms with Crippen LogP contribution >= 0.6 is 11.8 Å². The van der Waals surface area contributed by atoms with Crippen molar-refractivity contribution in [1.82, 2.24) is 24.6 Å². The number of rotatable bonds is 6. The van der Waals surface area contributed by atoms with Gasteiger partial charge < -0.3 is 14.6 Å². The van der Waals surface area contributed by atoms with Gasteiger partial charge in [-0.2, -0.15) is 0 Å². The van der Waals surface area contributed by atoms with Gasteiger partial charge in [-0.1, -0.05) is 42.8 Å². The lowest BCUT2D eigenvalue weighted by Crippen LogP contribution is -2.33. The molecule has 170 valence electrons. The topological polar surface area (TPSA) is 76.0 Å². The van der Waals surface area contributed by atoms with E-state index in [4.69, 9.17) is 4.74 Å². The Morgan fingerprint density at radius 2 is 1.79 bits per heavy atom. The number of hydrogen-bond acceptors (Lipinski definition) is 5. The number of ether oxygens (including phenoxy) is 1. The molecule has 1 amide bonds. The van der Waals surface area contributed by atoms with Crippen molar-refractivity contribution in [2.45, 2.75) is 30.8 Å². The van der Waals surface area contributed by atoms with Crippen LogP contribution in [0.1, 0.15) is 25.7 Å². The molecule has 1 aliphatic rings. The quantitative estimate of drug-likeness (QED) is 0.413. The number of aromatic nitrogens is 4. The molecular weight excluding hydrogens is 434 g/mol. The van der Waals surface area contributed by atoms with Crippen molar-refractivity contribution in [2.75, 3.05) is 26.0 Å². The summed E-state index contributed by atoms with van der Waals surface area (Å²) in [6.45, 7) is 1.70. The maximum atomic E-state index is 12.9. The van der Waals surface area contributed by atoms with Crippen LogP contribution in [0.25, 0.3) is 28.0 Å². The Morgan fingerprint density at radius 1 is 1.03 bits per heavy atom. The van der Waals surface area contributed by atoms with Gasteiger partial charge in [0.25, 0.3) is 0 Å². The van der Waals surface area contributed by atoms with Crippen molar-refractivity contribution in [1.29, 1.82) is 0 Å². The van der Waals surface area contributed by atoms with E-state index in [1.165, 1.54) is 24.6 Å². The smallest absolute Gasteiger partial charge is 0.233 e. The summed E-state index contributed by atoms with van der Waals surface area (Å²) >= 11 is 1.44. The van der Waals surface area contributed by atoms with E-state index in [2.05, 4.69) is 21.2 Å². The number of thioether (sulfide) groups is 1. The predicted octanol–water partition coefficient (Wildman–Crippen LogP) is 4.92. The Morgan fingerprint density at radius 3 is 2.55 bits per heavy atom. The van der Waals surface area contributed by atoms with Gasteiger partial charge in [0.05, 0.1) is 12.9 Å². The summed E-state index contributed by atoms with van der Waals surface area (Å²) in [7, 11) is 1.65. The average Bonchev–Trinajstić information content (AvgIpc) is 3.36. The van der Waals surface area contributed by atoms with Crippen LogP contribution in [0.4, 0.5) is 0 Å². The van der Waals surface area contributed by atoms with Crippen molar-refractivity contribution in [3.05, 3.63) is 54.7 Å². The second kappa shape index (κ2) is 9.70. The molecular formula is C25H27N5O2S. The number of fused-ring (bicyclic) bond motifs is 1. The number of aromatic amines is 1. The fraction of sp³-hybridized carbons (Fsp3) is 0.320. The molecule has 7 nitrogen and oxygen atoms in total. The third-order valence-corrected chi connectivity index (χ3v) is 6.99. The third-order valence-electron chi connectivity index (χ3n) is 6.08. The Kier molecular flexibility index (Phi) is 6.35. The zero-order valence-electron chi connectivity index (χ0n) is 18.7. The van der Waals surface area contributed by atoms with Gasteiger partial charge in [0.2, 0.25) is 5.91 Å². The number of H-pyrrole nitrogens is 1. The first-order valence-electron chi connectivity index (χ1n) is 11.3. The van der Waals surface area contributed by atoms with Gasteiger partial charge in [0.1, 0.15) is 5.75 Å². The highest BCUT2D eigenvalue weighted by Crippen LogP contribution is 2.33. The van der Waals surface area contributed by atoms with E-state index >= 15 is 0 Å². The number of nitrogens with zero attached hydrogens (tertiary/aromatic N) is 4. The number of carbonyl (C=O) groups excluding carboxylic acids is 1. The standard InChI is InChI=1S/C25H27N5O2S/c1-32-19-12-10-18(11-13-19)30-24(21-16-26-22-9-5-4-8-20(21)22)27-28-25(30)33-17-23(31)29-14-6-2-3-7-15-29/h4-5,8-13,16,26H,2-3,6-7,14-15,17H2,1H3. The molecule has 2 aromatic carbocycles. The maximum absolute atomic E-state index is 12.9. The highest BCUT2D eigenvalue weighted by Gasteiger charge is 2.21. The van der Waals surface area contributed by atoms with Gasteiger partial charge >= 0.3 is 0 Å². The minimum atomic E-state index is 0.167. The van der Waals surface area contributed by atoms with Crippen LogP contribution in [0.15, 0.2) is 59.9 Å². The number of amides is 1. The summed E-state index contributed by atoms with van der Waals surface area (Å²) in [5.74, 6) is 2.04. The van der Waals surface area contributed by atoms with Crippen LogP contribution in [0.5, 0.6) is 5.75 Å². The maximum Gasteiger partial charge on any atom is 0.233 e. The monoisotopic (exact) mass is 461 g/mol. The Labute approximate surface area is 197 Å². The van der Waals surface area contributed by atoms with Crippen molar-refractivity contribution >= 4 is 28.6 Å². The van der Waals surface area contributed by atoms with Crippen LogP contribution in [0.3, 0.4) is 0 Å². The summed E-state index contributed by atoms with van der Waals surface area (Å²) in [5, 5.41) is 10.8. The second-order valence-electron chi connectivity index (χ2n) is 8.17. The van der Waals surface area contributed by atoms with Crippen molar-refractivity contribution < 1.29 is 9.53 Å². The molecule has 0 unspecified atom stereocenters. The lowest BCUT2D eigenvalue weighted by Gasteiger charge is -2.20. The van der Waals surface area contributed by atoms with Crippen LogP contribution in [-0.2, 0) is 4.79 Å². The third kappa shape index (κ3) is 4.48. The van der Waals surface area contributed by atoms with Crippen molar-refractivity contribution in [3.8, 4) is 22.8 Å². The minimum absolute atomic E-state index is 0.167. The Hall–Kier alpha value is -3.26. The van der Waals surface area contributed by atoms with E-state index in [1.807, 2.05) is 58.1 Å². The molecule has 0 saturated carbocycles. The lowest BCUT2D eigenvalue weighted by atomic mass is 10.1. The molecule has 0 aliphatic carbocycles. The Bertz CT molecular complexity index is 1240. The summed E-state index contributed by atoms with van der Waals surface area (Å²) in [5.41, 5.74) is 2.94. The van der Waals surface area contributed by atoms with E-state index in [0.29, 0.717) is 10.9 Å². The molecule has 4 aromatic rings. The molecule has 33 heavy (non-hydrogen) atoms. The molecule has 5 rings (SSSR count). The van der Waals surface area contributed by atoms with E-state index < -0.39 is 0 Å². The molecule has 1 saturated heterocycles. The first-order valence-corrected chi connectivity index (χ1v) is 12.3. The van der Waals surface area contributed by atoms with Crippen LogP contribution < -0.4 is 4.74 Å². The second-order valence-corrected chi connectivity index (χ2v) is 9.11. The molecule has 0 radical (unpaired) electrons. The first-order chi connectivity index (χ1) is 16.2. The number of nitrogens with one attached hydrogen (secondary N) is 1. The normalized spacial score (nSPS) is 14.4. The fourth-order valence-corrected chi connectivity index (χ4v) is 5.15. The zero-order valence-corrected chi connectivity index (χ0v) is 19.5. The average molecular weight is 462 g/mol. The van der Waals surface area contributed by atoms with Crippen LogP contribution in [-0.4, -0.2) is 56.5 Å². The Balaban J connectivity index is 1.49. The van der Waals surface area contributed by atoms with Gasteiger partial charge in [-0.15, -0.1) is 10.2 Å². The van der Waals surface area contributed by atoms with Gasteiger partial charge in [-0.3, -0.25) is 9.36 Å². The van der Waals surface area contributed by atoms with E-state index in [0.717, 1.165) is 59.7 Å². The van der Waals surface area contributed by atoms with E-state index in [1.54, 1.807) is 7.11 Å². The highest BCUT2D eigenvalue weighted by atomic mass is 32.2. The SMILES string of the molecule is COc1ccc(-n2c(SCC(=O)N3CCCCCC3)nnc2-c2c[nH]c3ccccc23)cc1. The van der Waals surface area contributed by atoms with Crippen LogP contribution in [0, 0.1) is 0 Å². The number of methoxy groups -OCH3 is 1. The number of hydrogen-bond donors (Lipinski definition) is 1. The lowest BCUT2D eigenvalue weighted by molar-refractivity contribution is -0.128. The van der Waals surface area contributed by atoms with Crippen molar-refractivity contribution in [2.24, 2.45) is 0 Å². The molecule has 2 aromatic heterocycles. The highest BCUT2D eigenvalue weighted by molar-refractivity contribution is 7.99. The predicted molar refractivity (Wildman–Crippen MR) is 131 cm³/mol. The summed E-state index contributed by atoms with van der Waals surface area (Å²) < 4.78 is 7.36. The fourth-order valence-electron chi connectivity index (χ4n) is 4.30. The number of carbonyl (C=O) groups is 1. The summed E-state index contributed by atoms with van der Waals surface area (Å²) in [6, 6.07) is 16.0. The van der Waals surface area contributed by atoms with Gasteiger partial charge in [-0.05, 0) is 43.2 Å². The number of likely N-dealkylation sites (tertiary alicyclic amines) is 1. The van der Waals surface area contributed by atoms with Gasteiger partial charge in [-0.25, -0.2) is 0 Å². The number of benzene rings is 2. The molecule has 0 spiro atoms. The molecule has 8 heteroatoms. The molecule has 0 bridgehead atoms. The molecule has 1 aliphatic heterocycles. The molecule has 3 heterocycles. The zero-order chi connectivity index (χ0) is 22.6.